The number of para-hydroxylation sites is 3. The van der Waals surface area contributed by atoms with E-state index in [-0.39, 0.29) is 22.8 Å². The molecule has 2 atom stereocenters. The number of anilines is 5. The van der Waals surface area contributed by atoms with Gasteiger partial charge in [0.05, 0.1) is 33.1 Å². The third kappa shape index (κ3) is 14.8. The van der Waals surface area contributed by atoms with Crippen LogP contribution in [0.15, 0.2) is 246 Å². The van der Waals surface area contributed by atoms with E-state index in [1.807, 2.05) is 78.5 Å². The molecule has 13 nitrogen and oxygen atoms in total. The first kappa shape index (κ1) is 56.5. The molecule has 12 rings (SSSR count). The smallest absolute Gasteiger partial charge is 0.323 e. The highest BCUT2D eigenvalue weighted by Gasteiger charge is 2.28. The number of hydrogen-bond donors (Lipinski definition) is 6. The molecule has 0 saturated carbocycles. The van der Waals surface area contributed by atoms with Crippen LogP contribution in [0.4, 0.5) is 49.4 Å². The van der Waals surface area contributed by atoms with Gasteiger partial charge in [0.2, 0.25) is 0 Å². The van der Waals surface area contributed by atoms with Gasteiger partial charge >= 0.3 is 12.1 Å². The van der Waals surface area contributed by atoms with Crippen LogP contribution in [0, 0.1) is 4.91 Å². The van der Waals surface area contributed by atoms with Crippen molar-refractivity contribution >= 4 is 109 Å². The minimum Gasteiger partial charge on any atom is -0.508 e. The lowest BCUT2D eigenvalue weighted by Gasteiger charge is -2.27. The second-order valence-corrected chi connectivity index (χ2v) is 21.2. The third-order valence-electron chi connectivity index (χ3n) is 13.4. The zero-order chi connectivity index (χ0) is 57.7. The van der Waals surface area contributed by atoms with Crippen LogP contribution < -0.4 is 31.3 Å². The molecule has 2 unspecified atom stereocenters. The summed E-state index contributed by atoms with van der Waals surface area (Å²) >= 11 is 13.9. The third-order valence-corrected chi connectivity index (χ3v) is 15.4. The van der Waals surface area contributed by atoms with Crippen molar-refractivity contribution in [2.45, 2.75) is 29.0 Å². The number of nitroso groups, excluding NO2 is 1. The van der Waals surface area contributed by atoms with E-state index in [0.29, 0.717) is 56.4 Å². The predicted molar refractivity (Wildman–Crippen MR) is 336 cm³/mol. The number of benzene rings is 10. The molecule has 4 amide bonds. The van der Waals surface area contributed by atoms with E-state index < -0.39 is 12.1 Å². The van der Waals surface area contributed by atoms with E-state index >= 15 is 0 Å². The minimum atomic E-state index is -0.409. The van der Waals surface area contributed by atoms with Gasteiger partial charge < -0.3 is 36.4 Å². The van der Waals surface area contributed by atoms with Crippen molar-refractivity contribution < 1.29 is 29.0 Å². The summed E-state index contributed by atoms with van der Waals surface area (Å²) in [6.07, 6.45) is 1.24. The van der Waals surface area contributed by atoms with Crippen molar-refractivity contribution in [3.63, 3.8) is 0 Å². The van der Waals surface area contributed by atoms with Gasteiger partial charge in [0.15, 0.2) is 12.8 Å². The molecule has 0 radical (unpaired) electrons. The van der Waals surface area contributed by atoms with Gasteiger partial charge in [-0.1, -0.05) is 145 Å². The summed E-state index contributed by atoms with van der Waals surface area (Å²) < 4.78 is 6.71. The standard InChI is InChI=1S/C26H20Cl2N4O3.C22H19N2OS.C19H15NO2/c27-21-5-1-3-7-23(21)31-25(33)29-17-9-13-19(14-10-17)35-20-15-11-18(12-16-20)30-26(34)32-24-8-4-2-6-22(24)28;1-24(25)18-13-11-17(12-14-18)22-15-20(16-7-3-2-4-8-16)23-19-9-5-6-10-21(19)26-22;21-14-6-3-5-13(10-14)17-11-18(22)19-15-7-2-1-4-12(15)8-9-16(19)20-17/h1-16H,(H2,29,31,33)(H2,30,32,34);2-14,22H,15H2,1H3;1-10,17,20-21H,11H2/q;+1;. The Hall–Kier alpha value is -9.73. The van der Waals surface area contributed by atoms with Gasteiger partial charge in [0.25, 0.3) is 5.69 Å². The Bertz CT molecular complexity index is 3900. The van der Waals surface area contributed by atoms with Crippen LogP contribution >= 0.6 is 35.0 Å². The quantitative estimate of drug-likeness (QED) is 0.0734. The van der Waals surface area contributed by atoms with Gasteiger partial charge in [-0.3, -0.25) is 9.79 Å². The number of aliphatic imine (C=N–C) groups is 1. The van der Waals surface area contributed by atoms with E-state index in [2.05, 4.69) is 81.2 Å². The monoisotopic (exact) mass is 1150 g/mol. The molecular formula is C67H54Cl2N7O6S+. The Labute approximate surface area is 494 Å². The second kappa shape index (κ2) is 26.7. The lowest BCUT2D eigenvalue weighted by atomic mass is 9.89. The maximum Gasteiger partial charge on any atom is 0.323 e. The van der Waals surface area contributed by atoms with E-state index in [9.17, 15) is 24.4 Å². The number of aromatic hydroxyl groups is 1. The van der Waals surface area contributed by atoms with Gasteiger partial charge in [0, 0.05) is 73.1 Å². The average Bonchev–Trinajstić information content (AvgIpc) is 3.93. The van der Waals surface area contributed by atoms with Crippen LogP contribution in [0.2, 0.25) is 10.0 Å². The number of urea groups is 2. The maximum absolute atomic E-state index is 12.7. The number of ether oxygens (including phenoxy) is 1. The molecule has 2 aliphatic heterocycles. The molecule has 2 aliphatic rings. The van der Waals surface area contributed by atoms with Gasteiger partial charge in [-0.25, -0.2) is 9.59 Å². The Balaban J connectivity index is 0.000000143. The van der Waals surface area contributed by atoms with Gasteiger partial charge in [-0.15, -0.1) is 11.8 Å². The summed E-state index contributed by atoms with van der Waals surface area (Å²) in [6, 6.07) is 72.4. The lowest BCUT2D eigenvalue weighted by Crippen LogP contribution is -2.23. The molecular weight excluding hydrogens is 1100 g/mol. The molecule has 0 fully saturated rings. The first-order valence-electron chi connectivity index (χ1n) is 26.4. The Morgan fingerprint density at radius 1 is 0.602 bits per heavy atom. The highest BCUT2D eigenvalue weighted by Crippen LogP contribution is 2.46. The summed E-state index contributed by atoms with van der Waals surface area (Å²) in [6.45, 7) is 0. The largest absolute Gasteiger partial charge is 0.508 e. The Morgan fingerprint density at radius 2 is 1.18 bits per heavy atom. The zero-order valence-corrected chi connectivity index (χ0v) is 47.0. The summed E-state index contributed by atoms with van der Waals surface area (Å²) in [7, 11) is 1.52. The van der Waals surface area contributed by atoms with E-state index in [0.717, 1.165) is 55.7 Å². The summed E-state index contributed by atoms with van der Waals surface area (Å²) in [5.74, 6) is 1.52. The number of carbonyl (C=O) groups is 3. The van der Waals surface area contributed by atoms with Crippen molar-refractivity contribution in [2.75, 3.05) is 33.6 Å². The number of phenols is 1. The fraction of sp³-hybridized carbons (Fsp3) is 0.0746. The molecule has 2 heterocycles. The van der Waals surface area contributed by atoms with Gasteiger partial charge in [-0.05, 0) is 131 Å². The molecule has 0 spiro atoms. The van der Waals surface area contributed by atoms with Gasteiger partial charge in [0.1, 0.15) is 17.2 Å². The zero-order valence-electron chi connectivity index (χ0n) is 44.6. The number of rotatable bonds is 10. The lowest BCUT2D eigenvalue weighted by molar-refractivity contribution is -0.428. The molecule has 0 saturated heterocycles. The van der Waals surface area contributed by atoms with Crippen LogP contribution in [0.3, 0.4) is 0 Å². The van der Waals surface area contributed by atoms with Crippen molar-refractivity contribution in [1.29, 1.82) is 0 Å². The molecule has 0 aliphatic carbocycles. The van der Waals surface area contributed by atoms with Crippen molar-refractivity contribution in [2.24, 2.45) is 4.99 Å². The number of Topliss-reactive ketones (excluding diaryl/α,β-unsaturated/α-hetero) is 1. The summed E-state index contributed by atoms with van der Waals surface area (Å²) in [5, 5.41) is 27.2. The Morgan fingerprint density at radius 3 is 1.80 bits per heavy atom. The summed E-state index contributed by atoms with van der Waals surface area (Å²) in [4.78, 5) is 54.7. The number of thioether (sulfide) groups is 1. The van der Waals surface area contributed by atoms with Crippen LogP contribution in [0.5, 0.6) is 17.2 Å². The number of nitrogens with zero attached hydrogens (tertiary/aromatic N) is 2. The first-order chi connectivity index (χ1) is 40.4. The number of halogens is 2. The number of carbonyl (C=O) groups excluding carboxylic acids is 3. The number of phenolic OH excluding ortho intramolecular Hbond substituents is 1. The first-order valence-corrected chi connectivity index (χ1v) is 28.1. The van der Waals surface area contributed by atoms with Crippen LogP contribution in [0.1, 0.15) is 51.2 Å². The number of fused-ring (bicyclic) bond motifs is 4. The predicted octanol–water partition coefficient (Wildman–Crippen LogP) is 18.4. The SMILES string of the molecule is C[N+](=O)c1ccc(C2CC(c3ccccc3)=Nc3ccccc3S2)cc1.O=C(Nc1ccc(Oc2ccc(NC(=O)Nc3ccccc3Cl)cc2)cc1)Nc1ccccc1Cl.O=C1CC(c2cccc(O)c2)Nc2ccc3ccccc3c21. The van der Waals surface area contributed by atoms with Crippen molar-refractivity contribution in [1.82, 2.24) is 0 Å². The molecule has 83 heavy (non-hydrogen) atoms. The van der Waals surface area contributed by atoms with Crippen LogP contribution in [-0.4, -0.2) is 40.5 Å². The van der Waals surface area contributed by atoms with Gasteiger partial charge in [-0.2, -0.15) is 0 Å². The molecule has 6 N–H and O–H groups in total. The molecule has 412 valence electrons. The van der Waals surface area contributed by atoms with E-state index in [1.165, 1.54) is 17.5 Å². The minimum absolute atomic E-state index is 0.103. The summed E-state index contributed by atoms with van der Waals surface area (Å²) in [5.41, 5.74) is 9.93. The fourth-order valence-corrected chi connectivity index (χ4v) is 10.9. The van der Waals surface area contributed by atoms with E-state index in [4.69, 9.17) is 32.9 Å². The average molecular weight is 1160 g/mol. The van der Waals surface area contributed by atoms with Crippen LogP contribution in [0.25, 0.3) is 10.8 Å². The highest BCUT2D eigenvalue weighted by atomic mass is 35.5. The molecule has 0 aromatic heterocycles. The maximum atomic E-state index is 12.7. The molecule has 16 heteroatoms. The Kier molecular flexibility index (Phi) is 18.2. The van der Waals surface area contributed by atoms with Crippen molar-refractivity contribution in [3.05, 3.63) is 274 Å². The van der Waals surface area contributed by atoms with E-state index in [1.54, 1.807) is 115 Å². The number of nitrogens with one attached hydrogen (secondary N) is 5. The highest BCUT2D eigenvalue weighted by molar-refractivity contribution is 7.99. The molecule has 10 aromatic rings. The molecule has 10 aromatic carbocycles. The topological polar surface area (TPSA) is 173 Å². The normalized spacial score (nSPS) is 14.0. The fourth-order valence-electron chi connectivity index (χ4n) is 9.31. The number of hydrogen-bond acceptors (Lipinski definition) is 9. The molecule has 0 bridgehead atoms. The van der Waals surface area contributed by atoms with Crippen molar-refractivity contribution in [3.8, 4) is 17.2 Å². The van der Waals surface area contributed by atoms with Crippen LogP contribution in [-0.2, 0) is 0 Å². The number of ketones is 1. The second-order valence-electron chi connectivity index (χ2n) is 19.2. The number of amides is 4.